The molecule has 0 saturated heterocycles. The number of rotatable bonds is 5. The van der Waals surface area contributed by atoms with E-state index in [0.29, 0.717) is 5.69 Å². The molecule has 20 heavy (non-hydrogen) atoms. The minimum atomic E-state index is -3.23. The Hall–Kier alpha value is -1.53. The Labute approximate surface area is 123 Å². The van der Waals surface area contributed by atoms with Crippen molar-refractivity contribution in [3.05, 3.63) is 40.6 Å². The van der Waals surface area contributed by atoms with Crippen molar-refractivity contribution in [3.63, 3.8) is 0 Å². The molecule has 0 bridgehead atoms. The van der Waals surface area contributed by atoms with Gasteiger partial charge in [-0.05, 0) is 36.1 Å². The van der Waals surface area contributed by atoms with E-state index in [1.807, 2.05) is 11.4 Å². The number of nitrogens with two attached hydrogens (primary N) is 1. The summed E-state index contributed by atoms with van der Waals surface area (Å²) in [6, 6.07) is 9.07. The molecule has 1 heterocycles. The van der Waals surface area contributed by atoms with Crippen LogP contribution in [0.1, 0.15) is 24.3 Å². The van der Waals surface area contributed by atoms with Crippen molar-refractivity contribution in [3.8, 4) is 0 Å². The van der Waals surface area contributed by atoms with E-state index < -0.39 is 9.84 Å². The molecule has 4 nitrogen and oxygen atoms in total. The van der Waals surface area contributed by atoms with Crippen LogP contribution < -0.4 is 11.1 Å². The Morgan fingerprint density at radius 1 is 1.35 bits per heavy atom. The van der Waals surface area contributed by atoms with Crippen LogP contribution >= 0.6 is 11.3 Å². The van der Waals surface area contributed by atoms with Crippen molar-refractivity contribution in [2.75, 3.05) is 17.3 Å². The molecule has 1 atom stereocenters. The second-order valence-electron chi connectivity index (χ2n) is 4.64. The third kappa shape index (κ3) is 3.32. The smallest absolute Gasteiger partial charge is 0.175 e. The number of hydrogen-bond acceptors (Lipinski definition) is 5. The SMILES string of the molecule is CCC(Nc1ccc(S(C)(=O)=O)cc1N)c1cccs1. The highest BCUT2D eigenvalue weighted by molar-refractivity contribution is 7.90. The highest BCUT2D eigenvalue weighted by Gasteiger charge is 2.14. The van der Waals surface area contributed by atoms with Gasteiger partial charge in [0, 0.05) is 11.1 Å². The maximum Gasteiger partial charge on any atom is 0.175 e. The van der Waals surface area contributed by atoms with Crippen molar-refractivity contribution in [1.82, 2.24) is 0 Å². The zero-order chi connectivity index (χ0) is 14.8. The molecule has 1 aromatic heterocycles. The third-order valence-electron chi connectivity index (χ3n) is 3.08. The van der Waals surface area contributed by atoms with Crippen molar-refractivity contribution < 1.29 is 8.42 Å². The summed E-state index contributed by atoms with van der Waals surface area (Å²) in [5.41, 5.74) is 7.16. The molecule has 0 fully saturated rings. The Kier molecular flexibility index (Phi) is 4.35. The molecule has 1 aromatic carbocycles. The van der Waals surface area contributed by atoms with Gasteiger partial charge in [0.2, 0.25) is 0 Å². The average molecular weight is 310 g/mol. The summed E-state index contributed by atoms with van der Waals surface area (Å²) >= 11 is 1.69. The van der Waals surface area contributed by atoms with E-state index >= 15 is 0 Å². The summed E-state index contributed by atoms with van der Waals surface area (Å²) in [4.78, 5) is 1.48. The van der Waals surface area contributed by atoms with Gasteiger partial charge in [-0.1, -0.05) is 13.0 Å². The standard InChI is InChI=1S/C14H18N2O2S2/c1-3-12(14-5-4-8-19-14)16-13-7-6-10(9-11(13)15)20(2,17)18/h4-9,12,16H,3,15H2,1-2H3. The quantitative estimate of drug-likeness (QED) is 0.831. The largest absolute Gasteiger partial charge is 0.397 e. The van der Waals surface area contributed by atoms with E-state index in [1.165, 1.54) is 17.2 Å². The number of thiophene rings is 1. The number of benzene rings is 1. The lowest BCUT2D eigenvalue weighted by Crippen LogP contribution is -2.10. The van der Waals surface area contributed by atoms with Gasteiger partial charge in [0.25, 0.3) is 0 Å². The first kappa shape index (κ1) is 14.9. The summed E-state index contributed by atoms with van der Waals surface area (Å²) in [5.74, 6) is 0. The molecule has 0 saturated carbocycles. The molecule has 6 heteroatoms. The summed E-state index contributed by atoms with van der Waals surface area (Å²) in [7, 11) is -3.23. The van der Waals surface area contributed by atoms with Crippen LogP contribution in [0.4, 0.5) is 11.4 Å². The van der Waals surface area contributed by atoms with Crippen LogP contribution in [-0.2, 0) is 9.84 Å². The van der Waals surface area contributed by atoms with Crippen LogP contribution in [0.25, 0.3) is 0 Å². The predicted molar refractivity (Wildman–Crippen MR) is 84.9 cm³/mol. The third-order valence-corrected chi connectivity index (χ3v) is 5.17. The van der Waals surface area contributed by atoms with Gasteiger partial charge >= 0.3 is 0 Å². The molecule has 0 amide bonds. The number of hydrogen-bond donors (Lipinski definition) is 2. The molecule has 2 aromatic rings. The normalized spacial score (nSPS) is 13.1. The fraction of sp³-hybridized carbons (Fsp3) is 0.286. The van der Waals surface area contributed by atoms with E-state index in [4.69, 9.17) is 5.73 Å². The van der Waals surface area contributed by atoms with Gasteiger partial charge in [0.1, 0.15) is 0 Å². The minimum absolute atomic E-state index is 0.182. The fourth-order valence-electron chi connectivity index (χ4n) is 1.95. The molecule has 0 radical (unpaired) electrons. The summed E-state index contributed by atoms with van der Waals surface area (Å²) in [6.45, 7) is 2.10. The van der Waals surface area contributed by atoms with Crippen molar-refractivity contribution in [2.45, 2.75) is 24.3 Å². The summed E-state index contributed by atoms with van der Waals surface area (Å²) in [5, 5.41) is 5.41. The molecule has 2 rings (SSSR count). The Morgan fingerprint density at radius 2 is 2.10 bits per heavy atom. The van der Waals surface area contributed by atoms with Gasteiger partial charge in [0.05, 0.1) is 22.3 Å². The van der Waals surface area contributed by atoms with E-state index in [2.05, 4.69) is 18.3 Å². The molecular formula is C14H18N2O2S2. The number of nitrogen functional groups attached to an aromatic ring is 1. The second-order valence-corrected chi connectivity index (χ2v) is 7.64. The van der Waals surface area contributed by atoms with Crippen molar-refractivity contribution >= 4 is 32.5 Å². The lowest BCUT2D eigenvalue weighted by molar-refractivity contribution is 0.602. The topological polar surface area (TPSA) is 72.2 Å². The Bertz CT molecular complexity index is 679. The zero-order valence-corrected chi connectivity index (χ0v) is 13.1. The van der Waals surface area contributed by atoms with Gasteiger partial charge in [-0.25, -0.2) is 8.42 Å². The Balaban J connectivity index is 2.26. The van der Waals surface area contributed by atoms with Gasteiger partial charge in [-0.2, -0.15) is 0 Å². The fourth-order valence-corrected chi connectivity index (χ4v) is 3.47. The lowest BCUT2D eigenvalue weighted by atomic mass is 10.1. The molecule has 0 aliphatic carbocycles. The number of nitrogens with one attached hydrogen (secondary N) is 1. The van der Waals surface area contributed by atoms with Gasteiger partial charge in [0.15, 0.2) is 9.84 Å². The van der Waals surface area contributed by atoms with Gasteiger partial charge in [-0.3, -0.25) is 0 Å². The van der Waals surface area contributed by atoms with Gasteiger partial charge in [-0.15, -0.1) is 11.3 Å². The van der Waals surface area contributed by atoms with E-state index in [-0.39, 0.29) is 10.9 Å². The van der Waals surface area contributed by atoms with Crippen LogP contribution in [0.15, 0.2) is 40.6 Å². The van der Waals surface area contributed by atoms with E-state index in [0.717, 1.165) is 12.1 Å². The number of sulfone groups is 1. The zero-order valence-electron chi connectivity index (χ0n) is 11.5. The molecule has 1 unspecified atom stereocenters. The van der Waals surface area contributed by atoms with E-state index in [1.54, 1.807) is 23.5 Å². The molecular weight excluding hydrogens is 292 g/mol. The molecule has 108 valence electrons. The highest BCUT2D eigenvalue weighted by Crippen LogP contribution is 2.30. The van der Waals surface area contributed by atoms with Crippen molar-refractivity contribution in [1.29, 1.82) is 0 Å². The maximum atomic E-state index is 11.5. The van der Waals surface area contributed by atoms with E-state index in [9.17, 15) is 8.42 Å². The van der Waals surface area contributed by atoms with Crippen LogP contribution in [0.5, 0.6) is 0 Å². The first-order valence-electron chi connectivity index (χ1n) is 6.31. The first-order chi connectivity index (χ1) is 9.41. The molecule has 0 aliphatic rings. The average Bonchev–Trinajstić information content (AvgIpc) is 2.90. The van der Waals surface area contributed by atoms with Crippen molar-refractivity contribution in [2.24, 2.45) is 0 Å². The van der Waals surface area contributed by atoms with Crippen LogP contribution in [-0.4, -0.2) is 14.7 Å². The molecule has 0 spiro atoms. The Morgan fingerprint density at radius 3 is 2.60 bits per heavy atom. The predicted octanol–water partition coefficient (Wildman–Crippen LogP) is 3.30. The second kappa shape index (κ2) is 5.85. The lowest BCUT2D eigenvalue weighted by Gasteiger charge is -2.18. The maximum absolute atomic E-state index is 11.5. The van der Waals surface area contributed by atoms with Crippen LogP contribution in [0, 0.1) is 0 Å². The first-order valence-corrected chi connectivity index (χ1v) is 9.08. The van der Waals surface area contributed by atoms with Gasteiger partial charge < -0.3 is 11.1 Å². The monoisotopic (exact) mass is 310 g/mol. The molecule has 0 aliphatic heterocycles. The highest BCUT2D eigenvalue weighted by atomic mass is 32.2. The summed E-state index contributed by atoms with van der Waals surface area (Å²) in [6.07, 6.45) is 2.10. The minimum Gasteiger partial charge on any atom is -0.397 e. The molecule has 3 N–H and O–H groups in total. The number of anilines is 2. The summed E-state index contributed by atoms with van der Waals surface area (Å²) < 4.78 is 23.0. The van der Waals surface area contributed by atoms with Crippen LogP contribution in [0.3, 0.4) is 0 Å². The van der Waals surface area contributed by atoms with Crippen LogP contribution in [0.2, 0.25) is 0 Å².